The summed E-state index contributed by atoms with van der Waals surface area (Å²) in [7, 11) is 0. The minimum Gasteiger partial charge on any atom is -0.292 e. The monoisotopic (exact) mass is 318 g/mol. The standard InChI is InChI=1S/C10H7BrOS3/c11-7-3-5-14-10(7)8(12)6-15-9-2-1-4-13-9/h1-5H,6H2. The molecule has 0 aliphatic heterocycles. The highest BCUT2D eigenvalue weighted by Gasteiger charge is 2.11. The molecule has 0 aliphatic carbocycles. The Morgan fingerprint density at radius 2 is 2.20 bits per heavy atom. The van der Waals surface area contributed by atoms with Crippen LogP contribution >= 0.6 is 50.4 Å². The molecule has 0 bridgehead atoms. The van der Waals surface area contributed by atoms with Crippen LogP contribution in [0.2, 0.25) is 0 Å². The lowest BCUT2D eigenvalue weighted by Gasteiger charge is -1.97. The van der Waals surface area contributed by atoms with Crippen LogP contribution in [0.15, 0.2) is 37.6 Å². The fraction of sp³-hybridized carbons (Fsp3) is 0.100. The second-order valence-corrected chi connectivity index (χ2v) is 6.74. The van der Waals surface area contributed by atoms with Gasteiger partial charge in [-0.2, -0.15) is 0 Å². The van der Waals surface area contributed by atoms with Crippen molar-refractivity contribution < 1.29 is 4.79 Å². The molecule has 0 N–H and O–H groups in total. The molecule has 0 amide bonds. The van der Waals surface area contributed by atoms with Crippen molar-refractivity contribution in [1.82, 2.24) is 0 Å². The van der Waals surface area contributed by atoms with Crippen molar-refractivity contribution in [3.8, 4) is 0 Å². The number of hydrogen-bond acceptors (Lipinski definition) is 4. The molecule has 0 spiro atoms. The minimum atomic E-state index is 0.190. The molecule has 2 aromatic rings. The molecule has 1 nitrogen and oxygen atoms in total. The quantitative estimate of drug-likeness (QED) is 0.607. The Bertz CT molecular complexity index is 447. The van der Waals surface area contributed by atoms with Gasteiger partial charge in [-0.1, -0.05) is 6.07 Å². The summed E-state index contributed by atoms with van der Waals surface area (Å²) in [5, 5.41) is 3.95. The van der Waals surface area contributed by atoms with E-state index >= 15 is 0 Å². The summed E-state index contributed by atoms with van der Waals surface area (Å²) < 4.78 is 2.10. The Morgan fingerprint density at radius 1 is 1.33 bits per heavy atom. The van der Waals surface area contributed by atoms with Crippen molar-refractivity contribution in [2.75, 3.05) is 5.75 Å². The van der Waals surface area contributed by atoms with E-state index in [-0.39, 0.29) is 5.78 Å². The Balaban J connectivity index is 1.96. The van der Waals surface area contributed by atoms with Gasteiger partial charge in [0.2, 0.25) is 0 Å². The van der Waals surface area contributed by atoms with Crippen LogP contribution in [-0.4, -0.2) is 11.5 Å². The van der Waals surface area contributed by atoms with Crippen molar-refractivity contribution in [3.63, 3.8) is 0 Å². The number of thioether (sulfide) groups is 1. The minimum absolute atomic E-state index is 0.190. The second kappa shape index (κ2) is 5.30. The van der Waals surface area contributed by atoms with Gasteiger partial charge in [0.15, 0.2) is 5.78 Å². The Hall–Kier alpha value is -0.100. The van der Waals surface area contributed by atoms with Gasteiger partial charge < -0.3 is 0 Å². The number of halogens is 1. The molecule has 0 saturated heterocycles. The van der Waals surface area contributed by atoms with Gasteiger partial charge in [-0.25, -0.2) is 0 Å². The molecular formula is C10H7BrOS3. The van der Waals surface area contributed by atoms with Gasteiger partial charge in [0, 0.05) is 4.47 Å². The van der Waals surface area contributed by atoms with E-state index in [0.29, 0.717) is 5.75 Å². The summed E-state index contributed by atoms with van der Waals surface area (Å²) in [6.07, 6.45) is 0. The third-order valence-corrected chi connectivity index (χ3v) is 5.72. The Morgan fingerprint density at radius 3 is 2.80 bits per heavy atom. The topological polar surface area (TPSA) is 17.1 Å². The van der Waals surface area contributed by atoms with Gasteiger partial charge in [-0.15, -0.1) is 34.4 Å². The summed E-state index contributed by atoms with van der Waals surface area (Å²) in [4.78, 5) is 12.6. The zero-order valence-corrected chi connectivity index (χ0v) is 11.6. The van der Waals surface area contributed by atoms with Crippen LogP contribution in [0.1, 0.15) is 9.67 Å². The normalized spacial score (nSPS) is 10.5. The number of thiophene rings is 2. The molecular weight excluding hydrogens is 312 g/mol. The van der Waals surface area contributed by atoms with Crippen LogP contribution in [-0.2, 0) is 0 Å². The maximum atomic E-state index is 11.8. The average molecular weight is 319 g/mol. The SMILES string of the molecule is O=C(CSc1cccs1)c1sccc1Br. The lowest BCUT2D eigenvalue weighted by molar-refractivity contribution is 0.102. The molecule has 78 valence electrons. The number of carbonyl (C=O) groups is 1. The molecule has 0 aromatic carbocycles. The predicted octanol–water partition coefficient (Wildman–Crippen LogP) is 4.55. The lowest BCUT2D eigenvalue weighted by atomic mass is 10.3. The molecule has 15 heavy (non-hydrogen) atoms. The maximum absolute atomic E-state index is 11.8. The van der Waals surface area contributed by atoms with E-state index in [1.165, 1.54) is 15.5 Å². The van der Waals surface area contributed by atoms with E-state index in [2.05, 4.69) is 15.9 Å². The van der Waals surface area contributed by atoms with Gasteiger partial charge in [-0.3, -0.25) is 4.79 Å². The maximum Gasteiger partial charge on any atom is 0.184 e. The largest absolute Gasteiger partial charge is 0.292 e. The van der Waals surface area contributed by atoms with Crippen molar-refractivity contribution in [3.05, 3.63) is 38.3 Å². The number of hydrogen-bond donors (Lipinski definition) is 0. The zero-order chi connectivity index (χ0) is 10.7. The van der Waals surface area contributed by atoms with E-state index < -0.39 is 0 Å². The van der Waals surface area contributed by atoms with Crippen molar-refractivity contribution in [1.29, 1.82) is 0 Å². The van der Waals surface area contributed by atoms with Crippen LogP contribution in [0.3, 0.4) is 0 Å². The molecule has 0 saturated carbocycles. The van der Waals surface area contributed by atoms with Crippen LogP contribution < -0.4 is 0 Å². The molecule has 0 fully saturated rings. The third-order valence-electron chi connectivity index (χ3n) is 1.71. The lowest BCUT2D eigenvalue weighted by Crippen LogP contribution is -1.99. The Kier molecular flexibility index (Phi) is 4.02. The highest BCUT2D eigenvalue weighted by Crippen LogP contribution is 2.28. The van der Waals surface area contributed by atoms with Crippen molar-refractivity contribution in [2.45, 2.75) is 4.21 Å². The molecule has 2 aromatic heterocycles. The summed E-state index contributed by atoms with van der Waals surface area (Å²) in [5.74, 6) is 0.704. The number of carbonyl (C=O) groups excluding carboxylic acids is 1. The van der Waals surface area contributed by atoms with E-state index in [1.807, 2.05) is 29.0 Å². The van der Waals surface area contributed by atoms with Gasteiger partial charge in [0.1, 0.15) is 0 Å². The molecule has 2 rings (SSSR count). The van der Waals surface area contributed by atoms with Crippen molar-refractivity contribution >= 4 is 56.1 Å². The van der Waals surface area contributed by atoms with E-state index in [0.717, 1.165) is 9.35 Å². The molecule has 0 radical (unpaired) electrons. The number of Topliss-reactive ketones (excluding diaryl/α,β-unsaturated/α-hetero) is 1. The first-order valence-corrected chi connectivity index (χ1v) is 7.73. The summed E-state index contributed by atoms with van der Waals surface area (Å²) in [6.45, 7) is 0. The molecule has 5 heteroatoms. The summed E-state index contributed by atoms with van der Waals surface area (Å²) in [6, 6.07) is 5.94. The zero-order valence-electron chi connectivity index (χ0n) is 7.60. The third kappa shape index (κ3) is 2.93. The van der Waals surface area contributed by atoms with Gasteiger partial charge in [0.25, 0.3) is 0 Å². The van der Waals surface area contributed by atoms with E-state index in [1.54, 1.807) is 23.1 Å². The van der Waals surface area contributed by atoms with Crippen molar-refractivity contribution in [2.24, 2.45) is 0 Å². The Labute approximate surface area is 109 Å². The average Bonchev–Trinajstić information content (AvgIpc) is 2.84. The highest BCUT2D eigenvalue weighted by atomic mass is 79.9. The fourth-order valence-electron chi connectivity index (χ4n) is 1.04. The predicted molar refractivity (Wildman–Crippen MR) is 71.4 cm³/mol. The van der Waals surface area contributed by atoms with Crippen LogP contribution in [0, 0.1) is 0 Å². The van der Waals surface area contributed by atoms with Crippen LogP contribution in [0.5, 0.6) is 0 Å². The number of rotatable bonds is 4. The molecule has 0 atom stereocenters. The smallest absolute Gasteiger partial charge is 0.184 e. The molecule has 2 heterocycles. The summed E-state index contributed by atoms with van der Waals surface area (Å²) >= 11 is 8.12. The van der Waals surface area contributed by atoms with Crippen LogP contribution in [0.4, 0.5) is 0 Å². The molecule has 0 aliphatic rings. The molecule has 0 unspecified atom stereocenters. The van der Waals surface area contributed by atoms with E-state index in [4.69, 9.17) is 0 Å². The number of ketones is 1. The van der Waals surface area contributed by atoms with Crippen LogP contribution in [0.25, 0.3) is 0 Å². The fourth-order valence-corrected chi connectivity index (χ4v) is 4.32. The first-order valence-electron chi connectivity index (χ1n) is 4.20. The summed E-state index contributed by atoms with van der Waals surface area (Å²) in [5.41, 5.74) is 0. The van der Waals surface area contributed by atoms with E-state index in [9.17, 15) is 4.79 Å². The van der Waals surface area contributed by atoms with Gasteiger partial charge in [0.05, 0.1) is 14.8 Å². The van der Waals surface area contributed by atoms with Gasteiger partial charge in [-0.05, 0) is 38.8 Å². The van der Waals surface area contributed by atoms with Gasteiger partial charge >= 0.3 is 0 Å². The second-order valence-electron chi connectivity index (χ2n) is 2.74. The first-order chi connectivity index (χ1) is 7.27. The first kappa shape index (κ1) is 11.4. The highest BCUT2D eigenvalue weighted by molar-refractivity contribution is 9.10.